The molecule has 0 aliphatic carbocycles. The molecule has 0 fully saturated rings. The van der Waals surface area contributed by atoms with E-state index >= 15 is 0 Å². The minimum Gasteiger partial charge on any atom is -0.327 e. The third-order valence-corrected chi connectivity index (χ3v) is 3.84. The molecule has 2 N–H and O–H groups in total. The van der Waals surface area contributed by atoms with Crippen molar-refractivity contribution in [3.05, 3.63) is 18.0 Å². The number of hydrogen-bond acceptors (Lipinski definition) is 2. The fraction of sp³-hybridized carbons (Fsp3) is 0.824. The highest BCUT2D eigenvalue weighted by Crippen LogP contribution is 2.11. The molecule has 20 heavy (non-hydrogen) atoms. The summed E-state index contributed by atoms with van der Waals surface area (Å²) in [5.41, 5.74) is 7.34. The minimum atomic E-state index is 0.265. The molecule has 0 spiro atoms. The van der Waals surface area contributed by atoms with E-state index in [1.165, 1.54) is 44.9 Å². The molecule has 0 aliphatic heterocycles. The lowest BCUT2D eigenvalue weighted by Crippen LogP contribution is -2.23. The summed E-state index contributed by atoms with van der Waals surface area (Å²) in [6, 6.07) is 2.80. The van der Waals surface area contributed by atoms with Crippen LogP contribution in [0.4, 0.5) is 0 Å². The zero-order valence-electron chi connectivity index (χ0n) is 13.6. The number of rotatable bonds is 11. The summed E-state index contributed by atoms with van der Waals surface area (Å²) >= 11 is 0. The molecule has 0 bridgehead atoms. The Hall–Kier alpha value is -0.830. The topological polar surface area (TPSA) is 43.8 Å². The van der Waals surface area contributed by atoms with Crippen LogP contribution in [0.1, 0.15) is 83.9 Å². The van der Waals surface area contributed by atoms with Gasteiger partial charge in [0.25, 0.3) is 0 Å². The molecular formula is C17H33N3. The van der Waals surface area contributed by atoms with Crippen molar-refractivity contribution < 1.29 is 0 Å². The largest absolute Gasteiger partial charge is 0.327 e. The summed E-state index contributed by atoms with van der Waals surface area (Å²) in [5, 5.41) is 4.56. The van der Waals surface area contributed by atoms with Crippen molar-refractivity contribution in [2.75, 3.05) is 0 Å². The number of nitrogens with zero attached hydrogens (tertiary/aromatic N) is 2. The smallest absolute Gasteiger partial charge is 0.0640 e. The first-order valence-corrected chi connectivity index (χ1v) is 8.43. The molecule has 0 saturated carbocycles. The SMILES string of the molecule is CCCCCCCCCC(N)Cc1ccn(C(C)C)n1. The van der Waals surface area contributed by atoms with Gasteiger partial charge in [-0.05, 0) is 26.3 Å². The van der Waals surface area contributed by atoms with Gasteiger partial charge in [-0.3, -0.25) is 4.68 Å². The van der Waals surface area contributed by atoms with Crippen LogP contribution in [0.3, 0.4) is 0 Å². The predicted octanol–water partition coefficient (Wildman–Crippen LogP) is 4.47. The highest BCUT2D eigenvalue weighted by Gasteiger charge is 2.07. The van der Waals surface area contributed by atoms with Gasteiger partial charge < -0.3 is 5.73 Å². The van der Waals surface area contributed by atoms with Gasteiger partial charge in [0.1, 0.15) is 0 Å². The Labute approximate surface area is 124 Å². The van der Waals surface area contributed by atoms with Crippen molar-refractivity contribution in [1.29, 1.82) is 0 Å². The van der Waals surface area contributed by atoms with Crippen molar-refractivity contribution in [2.45, 2.75) is 90.6 Å². The van der Waals surface area contributed by atoms with Gasteiger partial charge in [0.15, 0.2) is 0 Å². The van der Waals surface area contributed by atoms with Gasteiger partial charge in [0.05, 0.1) is 5.69 Å². The molecular weight excluding hydrogens is 246 g/mol. The second-order valence-corrected chi connectivity index (χ2v) is 6.26. The Kier molecular flexibility index (Phi) is 8.59. The second kappa shape index (κ2) is 9.98. The summed E-state index contributed by atoms with van der Waals surface area (Å²) < 4.78 is 2.01. The lowest BCUT2D eigenvalue weighted by molar-refractivity contribution is 0.505. The van der Waals surface area contributed by atoms with Crippen LogP contribution < -0.4 is 5.73 Å². The molecule has 1 aromatic heterocycles. The molecule has 0 aliphatic rings. The van der Waals surface area contributed by atoms with Crippen molar-refractivity contribution in [3.8, 4) is 0 Å². The first kappa shape index (κ1) is 17.2. The van der Waals surface area contributed by atoms with Crippen LogP contribution in [-0.4, -0.2) is 15.8 Å². The molecule has 1 unspecified atom stereocenters. The van der Waals surface area contributed by atoms with Crippen molar-refractivity contribution in [3.63, 3.8) is 0 Å². The van der Waals surface area contributed by atoms with Gasteiger partial charge in [0, 0.05) is 24.7 Å². The normalized spacial score (nSPS) is 13.1. The number of hydrogen-bond donors (Lipinski definition) is 1. The van der Waals surface area contributed by atoms with E-state index in [0.29, 0.717) is 6.04 Å². The third-order valence-electron chi connectivity index (χ3n) is 3.84. The number of aromatic nitrogens is 2. The Balaban J connectivity index is 2.09. The third kappa shape index (κ3) is 7.09. The van der Waals surface area contributed by atoms with Crippen LogP contribution in [0.2, 0.25) is 0 Å². The Morgan fingerprint density at radius 1 is 1.10 bits per heavy atom. The molecule has 0 saturated heterocycles. The minimum absolute atomic E-state index is 0.265. The van der Waals surface area contributed by atoms with Crippen molar-refractivity contribution in [1.82, 2.24) is 9.78 Å². The second-order valence-electron chi connectivity index (χ2n) is 6.26. The molecule has 3 nitrogen and oxygen atoms in total. The average molecular weight is 279 g/mol. The molecule has 1 heterocycles. The molecule has 0 aromatic carbocycles. The number of unbranched alkanes of at least 4 members (excludes halogenated alkanes) is 6. The first-order chi connectivity index (χ1) is 9.63. The molecule has 1 aromatic rings. The highest BCUT2D eigenvalue weighted by molar-refractivity contribution is 5.01. The van der Waals surface area contributed by atoms with Gasteiger partial charge in [-0.15, -0.1) is 0 Å². The lowest BCUT2D eigenvalue weighted by atomic mass is 10.0. The quantitative estimate of drug-likeness (QED) is 0.607. The molecule has 0 radical (unpaired) electrons. The molecule has 3 heteroatoms. The van der Waals surface area contributed by atoms with Gasteiger partial charge in [0.2, 0.25) is 0 Å². The van der Waals surface area contributed by atoms with E-state index in [9.17, 15) is 0 Å². The number of nitrogens with two attached hydrogens (primary N) is 1. The van der Waals surface area contributed by atoms with E-state index in [1.807, 2.05) is 4.68 Å². The summed E-state index contributed by atoms with van der Waals surface area (Å²) in [5.74, 6) is 0. The first-order valence-electron chi connectivity index (χ1n) is 8.43. The summed E-state index contributed by atoms with van der Waals surface area (Å²) in [6.07, 6.45) is 13.6. The predicted molar refractivity (Wildman–Crippen MR) is 86.9 cm³/mol. The van der Waals surface area contributed by atoms with E-state index < -0.39 is 0 Å². The van der Waals surface area contributed by atoms with Gasteiger partial charge in [-0.1, -0.05) is 51.9 Å². The van der Waals surface area contributed by atoms with E-state index in [4.69, 9.17) is 5.73 Å². The van der Waals surface area contributed by atoms with Crippen molar-refractivity contribution in [2.24, 2.45) is 5.73 Å². The molecule has 1 atom stereocenters. The van der Waals surface area contributed by atoms with Crippen LogP contribution in [-0.2, 0) is 6.42 Å². The van der Waals surface area contributed by atoms with E-state index in [2.05, 4.69) is 38.1 Å². The van der Waals surface area contributed by atoms with Crippen molar-refractivity contribution >= 4 is 0 Å². The zero-order valence-corrected chi connectivity index (χ0v) is 13.6. The Morgan fingerprint density at radius 3 is 2.35 bits per heavy atom. The molecule has 0 amide bonds. The fourth-order valence-electron chi connectivity index (χ4n) is 2.51. The maximum absolute atomic E-state index is 6.20. The maximum Gasteiger partial charge on any atom is 0.0640 e. The van der Waals surface area contributed by atoms with Crippen LogP contribution in [0.5, 0.6) is 0 Å². The summed E-state index contributed by atoms with van der Waals surface area (Å²) in [6.45, 7) is 6.56. The fourth-order valence-corrected chi connectivity index (χ4v) is 2.51. The van der Waals surface area contributed by atoms with E-state index in [1.54, 1.807) is 0 Å². The Morgan fingerprint density at radius 2 is 1.75 bits per heavy atom. The van der Waals surface area contributed by atoms with Gasteiger partial charge in [-0.2, -0.15) is 5.10 Å². The van der Waals surface area contributed by atoms with Crippen LogP contribution >= 0.6 is 0 Å². The average Bonchev–Trinajstić information content (AvgIpc) is 2.86. The van der Waals surface area contributed by atoms with Crippen LogP contribution in [0.25, 0.3) is 0 Å². The van der Waals surface area contributed by atoms with Crippen LogP contribution in [0, 0.1) is 0 Å². The van der Waals surface area contributed by atoms with E-state index in [-0.39, 0.29) is 6.04 Å². The molecule has 1 rings (SSSR count). The lowest BCUT2D eigenvalue weighted by Gasteiger charge is -2.10. The zero-order chi connectivity index (χ0) is 14.8. The summed E-state index contributed by atoms with van der Waals surface area (Å²) in [4.78, 5) is 0. The van der Waals surface area contributed by atoms with E-state index in [0.717, 1.165) is 18.5 Å². The summed E-state index contributed by atoms with van der Waals surface area (Å²) in [7, 11) is 0. The maximum atomic E-state index is 6.20. The van der Waals surface area contributed by atoms with Crippen LogP contribution in [0.15, 0.2) is 12.3 Å². The van der Waals surface area contributed by atoms with Gasteiger partial charge in [-0.25, -0.2) is 0 Å². The molecule has 116 valence electrons. The standard InChI is InChI=1S/C17H33N3/c1-4-5-6-7-8-9-10-11-16(18)14-17-12-13-20(19-17)15(2)3/h12-13,15-16H,4-11,14,18H2,1-3H3. The highest BCUT2D eigenvalue weighted by atomic mass is 15.3. The van der Waals surface area contributed by atoms with Gasteiger partial charge >= 0.3 is 0 Å². The monoisotopic (exact) mass is 279 g/mol. The Bertz CT molecular complexity index is 344.